The summed E-state index contributed by atoms with van der Waals surface area (Å²) in [5.41, 5.74) is 2.37. The number of carbonyl (C=O) groups excluding carboxylic acids is 1. The smallest absolute Gasteiger partial charge is 0.248 e. The van der Waals surface area contributed by atoms with Crippen molar-refractivity contribution in [2.45, 2.75) is 13.3 Å². The molecule has 170 valence electrons. The zero-order chi connectivity index (χ0) is 23.7. The van der Waals surface area contributed by atoms with E-state index in [0.29, 0.717) is 27.3 Å². The van der Waals surface area contributed by atoms with Crippen LogP contribution in [-0.4, -0.2) is 25.7 Å². The molecule has 10 heteroatoms. The van der Waals surface area contributed by atoms with Crippen molar-refractivity contribution in [2.24, 2.45) is 0 Å². The van der Waals surface area contributed by atoms with E-state index in [0.717, 1.165) is 33.3 Å². The predicted molar refractivity (Wildman–Crippen MR) is 135 cm³/mol. The number of amides is 1. The molecule has 0 aliphatic carbocycles. The molecule has 0 fully saturated rings. The Hall–Kier alpha value is -3.46. The van der Waals surface area contributed by atoms with Crippen molar-refractivity contribution < 1.29 is 9.21 Å². The summed E-state index contributed by atoms with van der Waals surface area (Å²) in [5, 5.41) is 17.6. The Morgan fingerprint density at radius 1 is 1.06 bits per heavy atom. The van der Waals surface area contributed by atoms with Crippen molar-refractivity contribution in [2.75, 3.05) is 5.32 Å². The van der Waals surface area contributed by atoms with Crippen LogP contribution in [0.1, 0.15) is 18.5 Å². The zero-order valence-electron chi connectivity index (χ0n) is 17.8. The minimum atomic E-state index is -0.275. The molecule has 34 heavy (non-hydrogen) atoms. The lowest BCUT2D eigenvalue weighted by atomic mass is 10.2. The Morgan fingerprint density at radius 2 is 1.82 bits per heavy atom. The van der Waals surface area contributed by atoms with E-state index >= 15 is 0 Å². The molecule has 7 nitrogen and oxygen atoms in total. The Bertz CT molecular complexity index is 1500. The van der Waals surface area contributed by atoms with Gasteiger partial charge in [-0.2, -0.15) is 9.61 Å². The highest BCUT2D eigenvalue weighted by molar-refractivity contribution is 7.19. The molecule has 0 atom stereocenters. The van der Waals surface area contributed by atoms with Gasteiger partial charge in [-0.3, -0.25) is 4.79 Å². The fraction of sp³-hybridized carbons (Fsp3) is 0.0833. The Morgan fingerprint density at radius 3 is 2.56 bits per heavy atom. The molecular formula is C24H17Cl2N5O2S. The second kappa shape index (κ2) is 9.42. The fourth-order valence-corrected chi connectivity index (χ4v) is 4.72. The van der Waals surface area contributed by atoms with Gasteiger partial charge in [-0.05, 0) is 60.7 Å². The summed E-state index contributed by atoms with van der Waals surface area (Å²) < 4.78 is 7.54. The summed E-state index contributed by atoms with van der Waals surface area (Å²) >= 11 is 13.6. The van der Waals surface area contributed by atoms with Gasteiger partial charge >= 0.3 is 0 Å². The molecule has 0 spiro atoms. The highest BCUT2D eigenvalue weighted by Gasteiger charge is 2.12. The summed E-state index contributed by atoms with van der Waals surface area (Å²) in [4.78, 5) is 13.1. The normalized spacial score (nSPS) is 11.5. The van der Waals surface area contributed by atoms with Gasteiger partial charge in [0.15, 0.2) is 5.82 Å². The average molecular weight is 510 g/mol. The SMILES string of the molecule is CCc1nnc2sc(-c3ccc(NC(=O)/C=C/c4ccc(-c5cc(Cl)cc(Cl)c5)o4)cc3)nn12. The van der Waals surface area contributed by atoms with Crippen LogP contribution in [0.4, 0.5) is 5.69 Å². The van der Waals surface area contributed by atoms with E-state index in [1.165, 1.54) is 17.4 Å². The van der Waals surface area contributed by atoms with Crippen LogP contribution < -0.4 is 5.32 Å². The number of anilines is 1. The summed E-state index contributed by atoms with van der Waals surface area (Å²) in [7, 11) is 0. The third-order valence-corrected chi connectivity index (χ3v) is 6.33. The van der Waals surface area contributed by atoms with E-state index in [4.69, 9.17) is 27.6 Å². The standard InChI is InChI=1S/C24H17Cl2N5O2S/c1-2-21-28-29-24-31(21)30-23(34-24)14-3-5-18(6-4-14)27-22(32)10-8-19-7-9-20(33-19)15-11-16(25)13-17(26)12-15/h3-13H,2H2,1H3,(H,27,32)/b10-8+. The molecular weight excluding hydrogens is 493 g/mol. The first-order valence-electron chi connectivity index (χ1n) is 10.4. The number of furan rings is 1. The minimum Gasteiger partial charge on any atom is -0.457 e. The first-order valence-corrected chi connectivity index (χ1v) is 11.9. The van der Waals surface area contributed by atoms with Crippen molar-refractivity contribution in [3.8, 4) is 21.9 Å². The van der Waals surface area contributed by atoms with Gasteiger partial charge in [-0.15, -0.1) is 10.2 Å². The van der Waals surface area contributed by atoms with E-state index < -0.39 is 0 Å². The number of rotatable bonds is 6. The molecule has 5 aromatic rings. The van der Waals surface area contributed by atoms with E-state index in [-0.39, 0.29) is 5.91 Å². The van der Waals surface area contributed by atoms with Gasteiger partial charge in [0.05, 0.1) is 0 Å². The van der Waals surface area contributed by atoms with Crippen LogP contribution in [0, 0.1) is 0 Å². The summed E-state index contributed by atoms with van der Waals surface area (Å²) in [6.45, 7) is 2.02. The average Bonchev–Trinajstić information content (AvgIpc) is 3.53. The lowest BCUT2D eigenvalue weighted by Crippen LogP contribution is -2.07. The molecule has 0 saturated heterocycles. The molecule has 5 rings (SSSR count). The van der Waals surface area contributed by atoms with E-state index in [1.807, 2.05) is 31.2 Å². The van der Waals surface area contributed by atoms with Gasteiger partial charge < -0.3 is 9.73 Å². The highest BCUT2D eigenvalue weighted by Crippen LogP contribution is 2.29. The van der Waals surface area contributed by atoms with Gasteiger partial charge in [0.1, 0.15) is 16.5 Å². The fourth-order valence-electron chi connectivity index (χ4n) is 3.33. The van der Waals surface area contributed by atoms with E-state index in [2.05, 4.69) is 20.6 Å². The molecule has 0 aliphatic rings. The number of halogens is 2. The van der Waals surface area contributed by atoms with Crippen LogP contribution in [-0.2, 0) is 11.2 Å². The number of hydrogen-bond acceptors (Lipinski definition) is 6. The minimum absolute atomic E-state index is 0.275. The number of nitrogens with one attached hydrogen (secondary N) is 1. The van der Waals surface area contributed by atoms with Gasteiger partial charge in [0.25, 0.3) is 0 Å². The maximum atomic E-state index is 12.4. The molecule has 2 aromatic carbocycles. The van der Waals surface area contributed by atoms with Crippen LogP contribution in [0.2, 0.25) is 10.0 Å². The molecule has 1 N–H and O–H groups in total. The molecule has 0 unspecified atom stereocenters. The van der Waals surface area contributed by atoms with Crippen molar-refractivity contribution in [1.82, 2.24) is 19.8 Å². The topological polar surface area (TPSA) is 85.3 Å². The number of aromatic nitrogens is 4. The zero-order valence-corrected chi connectivity index (χ0v) is 20.2. The second-order valence-electron chi connectivity index (χ2n) is 7.33. The van der Waals surface area contributed by atoms with Crippen molar-refractivity contribution in [3.63, 3.8) is 0 Å². The molecule has 0 bridgehead atoms. The third-order valence-electron chi connectivity index (χ3n) is 4.94. The molecule has 3 heterocycles. The van der Waals surface area contributed by atoms with E-state index in [9.17, 15) is 4.79 Å². The lowest BCUT2D eigenvalue weighted by Gasteiger charge is -2.03. The third kappa shape index (κ3) is 4.75. The van der Waals surface area contributed by atoms with Gasteiger partial charge in [0, 0.05) is 39.4 Å². The van der Waals surface area contributed by atoms with Crippen LogP contribution in [0.5, 0.6) is 0 Å². The van der Waals surface area contributed by atoms with E-state index in [1.54, 1.807) is 40.9 Å². The maximum absolute atomic E-state index is 12.4. The summed E-state index contributed by atoms with van der Waals surface area (Å²) in [6, 6.07) is 16.2. The highest BCUT2D eigenvalue weighted by atomic mass is 35.5. The second-order valence-corrected chi connectivity index (χ2v) is 9.16. The molecule has 1 amide bonds. The first-order chi connectivity index (χ1) is 16.5. The number of carbonyl (C=O) groups is 1. The summed E-state index contributed by atoms with van der Waals surface area (Å²) in [6.07, 6.45) is 3.78. The van der Waals surface area contributed by atoms with Crippen LogP contribution in [0.3, 0.4) is 0 Å². The first kappa shape index (κ1) is 22.3. The number of fused-ring (bicyclic) bond motifs is 1. The van der Waals surface area contributed by atoms with Gasteiger partial charge in [-0.1, -0.05) is 41.5 Å². The lowest BCUT2D eigenvalue weighted by molar-refractivity contribution is -0.111. The van der Waals surface area contributed by atoms with Crippen molar-refractivity contribution >= 4 is 57.2 Å². The number of benzene rings is 2. The predicted octanol–water partition coefficient (Wildman–Crippen LogP) is 6.63. The maximum Gasteiger partial charge on any atom is 0.248 e. The molecule has 3 aromatic heterocycles. The number of aryl methyl sites for hydroxylation is 1. The molecule has 0 radical (unpaired) electrons. The van der Waals surface area contributed by atoms with Gasteiger partial charge in [-0.25, -0.2) is 0 Å². The Labute approximate surface area is 208 Å². The molecule has 0 saturated carbocycles. The monoisotopic (exact) mass is 509 g/mol. The van der Waals surface area contributed by atoms with Crippen LogP contribution in [0.25, 0.3) is 32.9 Å². The summed E-state index contributed by atoms with van der Waals surface area (Å²) in [5.74, 6) is 1.69. The van der Waals surface area contributed by atoms with Crippen molar-refractivity contribution in [1.29, 1.82) is 0 Å². The molecule has 0 aliphatic heterocycles. The quantitative estimate of drug-likeness (QED) is 0.259. The van der Waals surface area contributed by atoms with Gasteiger partial charge in [0.2, 0.25) is 10.9 Å². The van der Waals surface area contributed by atoms with Crippen LogP contribution in [0.15, 0.2) is 65.1 Å². The largest absolute Gasteiger partial charge is 0.457 e. The Balaban J connectivity index is 1.24. The van der Waals surface area contributed by atoms with Crippen molar-refractivity contribution in [3.05, 3.63) is 82.3 Å². The Kier molecular flexibility index (Phi) is 6.19. The number of hydrogen-bond donors (Lipinski definition) is 1. The van der Waals surface area contributed by atoms with Crippen LogP contribution >= 0.6 is 34.5 Å². The number of nitrogens with zero attached hydrogens (tertiary/aromatic N) is 4.